The minimum Gasteiger partial charge on any atom is -0.381 e. The van der Waals surface area contributed by atoms with Crippen LogP contribution in [0.25, 0.3) is 0 Å². The average Bonchev–Trinajstić information content (AvgIpc) is 3.04. The molecule has 3 aliphatic rings. The van der Waals surface area contributed by atoms with Crippen LogP contribution in [0.15, 0.2) is 0 Å². The van der Waals surface area contributed by atoms with E-state index >= 15 is 0 Å². The van der Waals surface area contributed by atoms with Gasteiger partial charge in [0.1, 0.15) is 0 Å². The molecule has 2 N–H and O–H groups in total. The predicted molar refractivity (Wildman–Crippen MR) is 96.4 cm³/mol. The van der Waals surface area contributed by atoms with Crippen molar-refractivity contribution >= 4 is 30.7 Å². The highest BCUT2D eigenvalue weighted by Crippen LogP contribution is 2.32. The average molecular weight is 368 g/mol. The van der Waals surface area contributed by atoms with Crippen molar-refractivity contribution in [2.45, 2.75) is 38.1 Å². The number of ether oxygens (including phenoxy) is 1. The number of nitrogens with two attached hydrogens (primary N) is 1. The second-order valence-corrected chi connectivity index (χ2v) is 6.74. The molecule has 0 bridgehead atoms. The molecule has 2 atom stereocenters. The Morgan fingerprint density at radius 2 is 1.65 bits per heavy atom. The number of carbonyl (C=O) groups is 1. The summed E-state index contributed by atoms with van der Waals surface area (Å²) < 4.78 is 5.44. The first-order chi connectivity index (χ1) is 10.3. The van der Waals surface area contributed by atoms with Crippen LogP contribution in [0, 0.1) is 11.8 Å². The molecule has 3 rings (SSSR count). The molecule has 3 fully saturated rings. The lowest BCUT2D eigenvalue weighted by Crippen LogP contribution is -2.54. The zero-order chi connectivity index (χ0) is 14.7. The number of hydrogen-bond donors (Lipinski definition) is 1. The molecule has 0 aromatic heterocycles. The summed E-state index contributed by atoms with van der Waals surface area (Å²) in [7, 11) is 0. The zero-order valence-corrected chi connectivity index (χ0v) is 15.5. The summed E-state index contributed by atoms with van der Waals surface area (Å²) >= 11 is 0. The number of piperazine rings is 1. The number of nitrogens with zero attached hydrogens (tertiary/aromatic N) is 2. The second-order valence-electron chi connectivity index (χ2n) is 6.74. The van der Waals surface area contributed by atoms with Gasteiger partial charge in [0.25, 0.3) is 0 Å². The van der Waals surface area contributed by atoms with Crippen molar-refractivity contribution < 1.29 is 9.53 Å². The van der Waals surface area contributed by atoms with Gasteiger partial charge in [0.2, 0.25) is 5.91 Å². The van der Waals surface area contributed by atoms with E-state index in [1.165, 1.54) is 6.42 Å². The summed E-state index contributed by atoms with van der Waals surface area (Å²) in [6.45, 7) is 6.29. The van der Waals surface area contributed by atoms with Gasteiger partial charge in [-0.2, -0.15) is 0 Å². The van der Waals surface area contributed by atoms with Crippen molar-refractivity contribution in [2.75, 3.05) is 45.9 Å². The molecule has 1 aliphatic carbocycles. The molecule has 1 amide bonds. The molecule has 0 unspecified atom stereocenters. The van der Waals surface area contributed by atoms with Gasteiger partial charge in [0.05, 0.1) is 0 Å². The van der Waals surface area contributed by atoms with E-state index in [0.717, 1.165) is 65.1 Å². The van der Waals surface area contributed by atoms with Crippen LogP contribution >= 0.6 is 24.8 Å². The van der Waals surface area contributed by atoms with Crippen LogP contribution < -0.4 is 5.73 Å². The van der Waals surface area contributed by atoms with Crippen LogP contribution in [-0.4, -0.2) is 67.7 Å². The largest absolute Gasteiger partial charge is 0.381 e. The highest BCUT2D eigenvalue weighted by molar-refractivity contribution is 5.85. The van der Waals surface area contributed by atoms with Crippen LogP contribution in [0.5, 0.6) is 0 Å². The lowest BCUT2D eigenvalue weighted by atomic mass is 9.94. The number of carbonyl (C=O) groups excluding carboxylic acids is 1. The SMILES string of the molecule is Cl.Cl.NC[C@H]1CCC[C@H]1C(=O)N1CCN(C2CCOCC2)CC1. The van der Waals surface area contributed by atoms with Crippen LogP contribution in [-0.2, 0) is 9.53 Å². The zero-order valence-electron chi connectivity index (χ0n) is 13.8. The van der Waals surface area contributed by atoms with Crippen molar-refractivity contribution in [1.29, 1.82) is 0 Å². The van der Waals surface area contributed by atoms with Gasteiger partial charge >= 0.3 is 0 Å². The van der Waals surface area contributed by atoms with E-state index in [2.05, 4.69) is 9.80 Å². The quantitative estimate of drug-likeness (QED) is 0.821. The molecule has 5 nitrogen and oxygen atoms in total. The summed E-state index contributed by atoms with van der Waals surface area (Å²) in [6, 6.07) is 0.666. The molecule has 0 aromatic carbocycles. The number of halogens is 2. The van der Waals surface area contributed by atoms with Gasteiger partial charge < -0.3 is 15.4 Å². The highest BCUT2D eigenvalue weighted by Gasteiger charge is 2.36. The molecule has 2 aliphatic heterocycles. The molecular formula is C16H31Cl2N3O2. The lowest BCUT2D eigenvalue weighted by molar-refractivity contribution is -0.139. The third-order valence-corrected chi connectivity index (χ3v) is 5.61. The molecule has 1 saturated carbocycles. The maximum atomic E-state index is 12.7. The maximum Gasteiger partial charge on any atom is 0.226 e. The summed E-state index contributed by atoms with van der Waals surface area (Å²) in [5.74, 6) is 0.991. The van der Waals surface area contributed by atoms with Gasteiger partial charge in [0, 0.05) is 51.4 Å². The smallest absolute Gasteiger partial charge is 0.226 e. The molecule has 2 saturated heterocycles. The van der Waals surface area contributed by atoms with Crippen molar-refractivity contribution in [3.63, 3.8) is 0 Å². The normalized spacial score (nSPS) is 29.7. The minimum atomic E-state index is 0. The van der Waals surface area contributed by atoms with E-state index < -0.39 is 0 Å². The Labute approximate surface area is 152 Å². The Hall–Kier alpha value is -0.0700. The Morgan fingerprint density at radius 3 is 2.26 bits per heavy atom. The van der Waals surface area contributed by atoms with Crippen LogP contribution in [0.2, 0.25) is 0 Å². The van der Waals surface area contributed by atoms with Crippen molar-refractivity contribution in [3.8, 4) is 0 Å². The molecule has 0 aromatic rings. The molecule has 136 valence electrons. The fourth-order valence-electron chi connectivity index (χ4n) is 4.24. The van der Waals surface area contributed by atoms with E-state index in [0.29, 0.717) is 24.4 Å². The standard InChI is InChI=1S/C16H29N3O2.2ClH/c17-12-13-2-1-3-15(13)16(20)19-8-6-18(7-9-19)14-4-10-21-11-5-14;;/h13-15H,1-12,17H2;2*1H/t13-,15-;;/m1../s1. The molecule has 0 spiro atoms. The second kappa shape index (κ2) is 10.0. The molecule has 2 heterocycles. The van der Waals surface area contributed by atoms with E-state index in [4.69, 9.17) is 10.5 Å². The van der Waals surface area contributed by atoms with Crippen LogP contribution in [0.4, 0.5) is 0 Å². The Bertz CT molecular complexity index is 359. The maximum absolute atomic E-state index is 12.7. The van der Waals surface area contributed by atoms with E-state index in [1.54, 1.807) is 0 Å². The first kappa shape index (κ1) is 21.0. The third kappa shape index (κ3) is 4.95. The van der Waals surface area contributed by atoms with E-state index in [1.807, 2.05) is 0 Å². The first-order valence-corrected chi connectivity index (χ1v) is 8.60. The monoisotopic (exact) mass is 367 g/mol. The van der Waals surface area contributed by atoms with E-state index in [9.17, 15) is 4.79 Å². The van der Waals surface area contributed by atoms with Crippen molar-refractivity contribution in [2.24, 2.45) is 17.6 Å². The van der Waals surface area contributed by atoms with Crippen LogP contribution in [0.3, 0.4) is 0 Å². The lowest BCUT2D eigenvalue weighted by Gasteiger charge is -2.41. The Kier molecular flexibility index (Phi) is 9.16. The van der Waals surface area contributed by atoms with Gasteiger partial charge in [-0.1, -0.05) is 6.42 Å². The summed E-state index contributed by atoms with van der Waals surface area (Å²) in [5, 5.41) is 0. The Morgan fingerprint density at radius 1 is 1.00 bits per heavy atom. The van der Waals surface area contributed by atoms with Gasteiger partial charge in [-0.15, -0.1) is 24.8 Å². The topological polar surface area (TPSA) is 58.8 Å². The molecular weight excluding hydrogens is 337 g/mol. The number of hydrogen-bond acceptors (Lipinski definition) is 4. The molecule has 0 radical (unpaired) electrons. The van der Waals surface area contributed by atoms with Crippen molar-refractivity contribution in [1.82, 2.24) is 9.80 Å². The number of amides is 1. The predicted octanol–water partition coefficient (Wildman–Crippen LogP) is 1.53. The highest BCUT2D eigenvalue weighted by atomic mass is 35.5. The fraction of sp³-hybridized carbons (Fsp3) is 0.938. The van der Waals surface area contributed by atoms with Gasteiger partial charge in [-0.25, -0.2) is 0 Å². The van der Waals surface area contributed by atoms with Gasteiger partial charge in [-0.3, -0.25) is 9.69 Å². The molecule has 23 heavy (non-hydrogen) atoms. The van der Waals surface area contributed by atoms with Crippen LogP contribution in [0.1, 0.15) is 32.1 Å². The molecule has 7 heteroatoms. The summed E-state index contributed by atoms with van der Waals surface area (Å²) in [6.07, 6.45) is 5.63. The number of rotatable bonds is 3. The Balaban J connectivity index is 0.00000132. The van der Waals surface area contributed by atoms with Crippen molar-refractivity contribution in [3.05, 3.63) is 0 Å². The van der Waals surface area contributed by atoms with Gasteiger partial charge in [0.15, 0.2) is 0 Å². The minimum absolute atomic E-state index is 0. The summed E-state index contributed by atoms with van der Waals surface area (Å²) in [4.78, 5) is 17.3. The first-order valence-electron chi connectivity index (χ1n) is 8.60. The van der Waals surface area contributed by atoms with Gasteiger partial charge in [-0.05, 0) is 38.1 Å². The third-order valence-electron chi connectivity index (χ3n) is 5.61. The summed E-state index contributed by atoms with van der Waals surface area (Å²) in [5.41, 5.74) is 5.82. The fourth-order valence-corrected chi connectivity index (χ4v) is 4.24. The van der Waals surface area contributed by atoms with E-state index in [-0.39, 0.29) is 30.7 Å².